The maximum Gasteiger partial charge on any atom is 0.310 e. The number of rotatable bonds is 6. The van der Waals surface area contributed by atoms with Gasteiger partial charge in [0.1, 0.15) is 5.75 Å². The third kappa shape index (κ3) is 5.43. The highest BCUT2D eigenvalue weighted by Gasteiger charge is 2.05. The Kier molecular flexibility index (Phi) is 6.12. The van der Waals surface area contributed by atoms with Gasteiger partial charge in [0, 0.05) is 24.6 Å². The molecule has 0 saturated heterocycles. The number of benzene rings is 2. The van der Waals surface area contributed by atoms with E-state index in [9.17, 15) is 9.59 Å². The van der Waals surface area contributed by atoms with Gasteiger partial charge in [-0.15, -0.1) is 0 Å². The molecule has 2 rings (SSSR count). The fourth-order valence-corrected chi connectivity index (χ4v) is 1.92. The summed E-state index contributed by atoms with van der Waals surface area (Å²) in [7, 11) is 0. The average Bonchev–Trinajstić information content (AvgIpc) is 2.60. The standard InChI is InChI=1S/C19H19NO3/c1-2-19(22)23-17-11-7-6-10-16(17)12-13-18(21)20-14-15-8-4-3-5-9-15/h3-13H,2,14H2,1H3,(H,20,21)/b13-12-. The zero-order chi connectivity index (χ0) is 16.5. The van der Waals surface area contributed by atoms with Crippen molar-refractivity contribution in [3.05, 3.63) is 71.8 Å². The second kappa shape index (κ2) is 8.54. The maximum atomic E-state index is 11.9. The molecule has 2 aromatic rings. The van der Waals surface area contributed by atoms with Crippen LogP contribution in [-0.4, -0.2) is 11.9 Å². The van der Waals surface area contributed by atoms with Gasteiger partial charge in [-0.25, -0.2) is 0 Å². The summed E-state index contributed by atoms with van der Waals surface area (Å²) < 4.78 is 5.23. The van der Waals surface area contributed by atoms with Crippen LogP contribution in [0.25, 0.3) is 6.08 Å². The van der Waals surface area contributed by atoms with E-state index in [4.69, 9.17) is 4.74 Å². The van der Waals surface area contributed by atoms with Gasteiger partial charge >= 0.3 is 5.97 Å². The van der Waals surface area contributed by atoms with Crippen molar-refractivity contribution in [2.45, 2.75) is 19.9 Å². The molecule has 0 aliphatic heterocycles. The molecule has 23 heavy (non-hydrogen) atoms. The number of nitrogens with one attached hydrogen (secondary N) is 1. The molecular formula is C19H19NO3. The fraction of sp³-hybridized carbons (Fsp3) is 0.158. The number of carbonyl (C=O) groups is 2. The topological polar surface area (TPSA) is 55.4 Å². The molecule has 0 aliphatic rings. The van der Waals surface area contributed by atoms with Crippen LogP contribution in [0.2, 0.25) is 0 Å². The number of hydrogen-bond donors (Lipinski definition) is 1. The molecule has 0 saturated carbocycles. The number of amides is 1. The Morgan fingerprint density at radius 3 is 2.48 bits per heavy atom. The highest BCUT2D eigenvalue weighted by Crippen LogP contribution is 2.19. The smallest absolute Gasteiger partial charge is 0.310 e. The molecule has 1 N–H and O–H groups in total. The Labute approximate surface area is 135 Å². The summed E-state index contributed by atoms with van der Waals surface area (Å²) >= 11 is 0. The van der Waals surface area contributed by atoms with Gasteiger partial charge in [0.15, 0.2) is 0 Å². The van der Waals surface area contributed by atoms with E-state index in [2.05, 4.69) is 5.32 Å². The lowest BCUT2D eigenvalue weighted by molar-refractivity contribution is -0.134. The van der Waals surface area contributed by atoms with Crippen LogP contribution in [0.4, 0.5) is 0 Å². The van der Waals surface area contributed by atoms with Crippen molar-refractivity contribution in [1.82, 2.24) is 5.32 Å². The van der Waals surface area contributed by atoms with Crippen LogP contribution in [0.3, 0.4) is 0 Å². The minimum Gasteiger partial charge on any atom is -0.426 e. The summed E-state index contributed by atoms with van der Waals surface area (Å²) in [5, 5.41) is 2.81. The van der Waals surface area contributed by atoms with Crippen molar-refractivity contribution in [2.24, 2.45) is 0 Å². The Hall–Kier alpha value is -2.88. The molecule has 4 heteroatoms. The van der Waals surface area contributed by atoms with Crippen LogP contribution in [0.5, 0.6) is 5.75 Å². The highest BCUT2D eigenvalue weighted by atomic mass is 16.5. The lowest BCUT2D eigenvalue weighted by Gasteiger charge is -2.06. The Morgan fingerprint density at radius 2 is 1.74 bits per heavy atom. The normalized spacial score (nSPS) is 10.5. The summed E-state index contributed by atoms with van der Waals surface area (Å²) in [6.07, 6.45) is 3.37. The molecule has 0 heterocycles. The van der Waals surface area contributed by atoms with Crippen molar-refractivity contribution in [3.63, 3.8) is 0 Å². The van der Waals surface area contributed by atoms with Crippen LogP contribution in [0, 0.1) is 0 Å². The van der Waals surface area contributed by atoms with Crippen LogP contribution in [0.1, 0.15) is 24.5 Å². The van der Waals surface area contributed by atoms with E-state index >= 15 is 0 Å². The first kappa shape index (κ1) is 16.5. The quantitative estimate of drug-likeness (QED) is 0.506. The number of esters is 1. The van der Waals surface area contributed by atoms with Crippen molar-refractivity contribution in [2.75, 3.05) is 0 Å². The predicted molar refractivity (Wildman–Crippen MR) is 89.7 cm³/mol. The van der Waals surface area contributed by atoms with E-state index in [1.54, 1.807) is 31.2 Å². The first-order valence-corrected chi connectivity index (χ1v) is 7.48. The Bertz CT molecular complexity index is 693. The highest BCUT2D eigenvalue weighted by molar-refractivity contribution is 5.92. The van der Waals surface area contributed by atoms with Crippen LogP contribution in [0.15, 0.2) is 60.7 Å². The zero-order valence-corrected chi connectivity index (χ0v) is 13.0. The largest absolute Gasteiger partial charge is 0.426 e. The summed E-state index contributed by atoms with van der Waals surface area (Å²) in [4.78, 5) is 23.3. The Balaban J connectivity index is 1.96. The fourth-order valence-electron chi connectivity index (χ4n) is 1.92. The molecule has 0 spiro atoms. The number of hydrogen-bond acceptors (Lipinski definition) is 3. The predicted octanol–water partition coefficient (Wildman–Crippen LogP) is 3.33. The molecule has 0 aliphatic carbocycles. The first-order valence-electron chi connectivity index (χ1n) is 7.48. The van der Waals surface area contributed by atoms with Gasteiger partial charge in [-0.2, -0.15) is 0 Å². The van der Waals surface area contributed by atoms with Crippen molar-refractivity contribution >= 4 is 18.0 Å². The first-order chi connectivity index (χ1) is 11.2. The minimum atomic E-state index is -0.306. The molecule has 1 amide bonds. The molecule has 0 bridgehead atoms. The average molecular weight is 309 g/mol. The second-order valence-electron chi connectivity index (χ2n) is 4.90. The molecule has 0 aromatic heterocycles. The van der Waals surface area contributed by atoms with Crippen molar-refractivity contribution in [3.8, 4) is 5.75 Å². The summed E-state index contributed by atoms with van der Waals surface area (Å²) in [5.41, 5.74) is 1.72. The van der Waals surface area contributed by atoms with E-state index in [1.165, 1.54) is 6.08 Å². The number of ether oxygens (including phenoxy) is 1. The lowest BCUT2D eigenvalue weighted by atomic mass is 10.2. The van der Waals surface area contributed by atoms with Crippen LogP contribution < -0.4 is 10.1 Å². The van der Waals surface area contributed by atoms with Gasteiger partial charge in [-0.3, -0.25) is 9.59 Å². The minimum absolute atomic E-state index is 0.203. The van der Waals surface area contributed by atoms with E-state index in [0.29, 0.717) is 24.3 Å². The molecule has 2 aromatic carbocycles. The second-order valence-corrected chi connectivity index (χ2v) is 4.90. The van der Waals surface area contributed by atoms with Gasteiger partial charge in [0.2, 0.25) is 5.91 Å². The third-order valence-electron chi connectivity index (χ3n) is 3.16. The van der Waals surface area contributed by atoms with Gasteiger partial charge < -0.3 is 10.1 Å². The third-order valence-corrected chi connectivity index (χ3v) is 3.16. The van der Waals surface area contributed by atoms with Gasteiger partial charge in [-0.05, 0) is 17.7 Å². The molecule has 118 valence electrons. The summed E-state index contributed by atoms with van der Waals surface area (Å²) in [6.45, 7) is 2.20. The number of para-hydroxylation sites is 1. The molecule has 0 atom stereocenters. The molecule has 4 nitrogen and oxygen atoms in total. The van der Waals surface area contributed by atoms with E-state index < -0.39 is 0 Å². The maximum absolute atomic E-state index is 11.9. The van der Waals surface area contributed by atoms with E-state index in [-0.39, 0.29) is 11.9 Å². The van der Waals surface area contributed by atoms with Gasteiger partial charge in [-0.1, -0.05) is 55.5 Å². The van der Waals surface area contributed by atoms with Gasteiger partial charge in [0.25, 0.3) is 0 Å². The number of carbonyl (C=O) groups excluding carboxylic acids is 2. The summed E-state index contributed by atoms with van der Waals surface area (Å²) in [6, 6.07) is 16.8. The molecular weight excluding hydrogens is 290 g/mol. The van der Waals surface area contributed by atoms with Crippen molar-refractivity contribution in [1.29, 1.82) is 0 Å². The van der Waals surface area contributed by atoms with Crippen molar-refractivity contribution < 1.29 is 14.3 Å². The summed E-state index contributed by atoms with van der Waals surface area (Å²) in [5.74, 6) is -0.0590. The monoisotopic (exact) mass is 309 g/mol. The van der Waals surface area contributed by atoms with Crippen LogP contribution in [-0.2, 0) is 16.1 Å². The zero-order valence-electron chi connectivity index (χ0n) is 13.0. The van der Waals surface area contributed by atoms with E-state index in [0.717, 1.165) is 5.56 Å². The SMILES string of the molecule is CCC(=O)Oc1ccccc1/C=C\C(=O)NCc1ccccc1. The molecule has 0 radical (unpaired) electrons. The van der Waals surface area contributed by atoms with E-state index in [1.807, 2.05) is 36.4 Å². The lowest BCUT2D eigenvalue weighted by Crippen LogP contribution is -2.20. The van der Waals surface area contributed by atoms with Gasteiger partial charge in [0.05, 0.1) is 0 Å². The molecule has 0 fully saturated rings. The molecule has 0 unspecified atom stereocenters. The Morgan fingerprint density at radius 1 is 1.04 bits per heavy atom. The van der Waals surface area contributed by atoms with Crippen LogP contribution >= 0.6 is 0 Å².